The molecule has 0 aromatic rings. The van der Waals surface area contributed by atoms with Crippen LogP contribution in [0.3, 0.4) is 0 Å². The Morgan fingerprint density at radius 3 is 0.794 bits per heavy atom. The van der Waals surface area contributed by atoms with E-state index in [4.69, 9.17) is 37.0 Å². The van der Waals surface area contributed by atoms with Gasteiger partial charge in [0, 0.05) is 25.7 Å². The van der Waals surface area contributed by atoms with Crippen molar-refractivity contribution in [1.29, 1.82) is 0 Å². The smallest absolute Gasteiger partial charge is 0.462 e. The summed E-state index contributed by atoms with van der Waals surface area (Å²) < 4.78 is 68.7. The van der Waals surface area contributed by atoms with Crippen LogP contribution in [0.1, 0.15) is 408 Å². The Hall–Kier alpha value is -2.46. The first-order valence-corrected chi connectivity index (χ1v) is 45.2. The van der Waals surface area contributed by atoms with Crippen LogP contribution in [-0.4, -0.2) is 96.7 Å². The van der Waals surface area contributed by atoms with Gasteiger partial charge >= 0.3 is 39.5 Å². The van der Waals surface area contributed by atoms with E-state index < -0.39 is 97.5 Å². The number of allylic oxidation sites excluding steroid dienone is 4. The van der Waals surface area contributed by atoms with Gasteiger partial charge in [0.25, 0.3) is 0 Å². The van der Waals surface area contributed by atoms with Crippen LogP contribution in [-0.2, 0) is 65.4 Å². The summed E-state index contributed by atoms with van der Waals surface area (Å²) in [5, 5.41) is 10.6. The van der Waals surface area contributed by atoms with E-state index in [1.807, 2.05) is 0 Å². The summed E-state index contributed by atoms with van der Waals surface area (Å²) >= 11 is 0. The zero-order valence-corrected chi connectivity index (χ0v) is 68.4. The Balaban J connectivity index is 5.24. The number of carbonyl (C=O) groups excluding carboxylic acids is 4. The average molecular weight is 1490 g/mol. The molecule has 0 spiro atoms. The van der Waals surface area contributed by atoms with Crippen LogP contribution in [0.5, 0.6) is 0 Å². The molecule has 0 bridgehead atoms. The molecule has 0 aliphatic carbocycles. The molecule has 0 amide bonds. The molecule has 0 aromatic heterocycles. The summed E-state index contributed by atoms with van der Waals surface area (Å²) in [6, 6.07) is 0. The van der Waals surface area contributed by atoms with Crippen molar-refractivity contribution in [1.82, 2.24) is 0 Å². The minimum atomic E-state index is -4.97. The number of rotatable bonds is 79. The largest absolute Gasteiger partial charge is 0.472 e. The van der Waals surface area contributed by atoms with E-state index in [1.54, 1.807) is 0 Å². The highest BCUT2D eigenvalue weighted by atomic mass is 31.2. The Labute approximate surface area is 624 Å². The van der Waals surface area contributed by atoms with Gasteiger partial charge in [0.15, 0.2) is 12.2 Å². The lowest BCUT2D eigenvalue weighted by Gasteiger charge is -2.21. The normalized spacial score (nSPS) is 14.1. The number of hydrogen-bond donors (Lipinski definition) is 3. The number of esters is 4. The van der Waals surface area contributed by atoms with Gasteiger partial charge in [0.2, 0.25) is 0 Å². The molecule has 19 heteroatoms. The predicted octanol–water partition coefficient (Wildman–Crippen LogP) is 24.5. The Morgan fingerprint density at radius 2 is 0.529 bits per heavy atom. The molecular weight excluding hydrogens is 1330 g/mol. The fourth-order valence-corrected chi connectivity index (χ4v) is 13.9. The lowest BCUT2D eigenvalue weighted by atomic mass is 10.0. The first-order valence-electron chi connectivity index (χ1n) is 42.2. The summed E-state index contributed by atoms with van der Waals surface area (Å²) in [6.45, 7) is 11.9. The first kappa shape index (κ1) is 99.5. The fraction of sp³-hybridized carbons (Fsp3) is 0.904. The second-order valence-electron chi connectivity index (χ2n) is 30.6. The molecule has 0 fully saturated rings. The minimum Gasteiger partial charge on any atom is -0.462 e. The van der Waals surface area contributed by atoms with Crippen molar-refractivity contribution < 1.29 is 80.2 Å². The van der Waals surface area contributed by atoms with Crippen LogP contribution in [0.4, 0.5) is 0 Å². The van der Waals surface area contributed by atoms with Crippen molar-refractivity contribution in [3.05, 3.63) is 24.3 Å². The number of aliphatic hydroxyl groups excluding tert-OH is 1. The van der Waals surface area contributed by atoms with Crippen molar-refractivity contribution in [3.8, 4) is 0 Å². The highest BCUT2D eigenvalue weighted by molar-refractivity contribution is 7.47. The third-order valence-corrected chi connectivity index (χ3v) is 20.7. The molecule has 0 radical (unpaired) electrons. The molecule has 0 rings (SSSR count). The number of aliphatic hydroxyl groups is 1. The molecule has 0 aliphatic rings. The molecule has 3 unspecified atom stereocenters. The number of phosphoric acid groups is 2. The molecule has 102 heavy (non-hydrogen) atoms. The zero-order valence-electron chi connectivity index (χ0n) is 66.6. The van der Waals surface area contributed by atoms with Gasteiger partial charge in [-0.3, -0.25) is 37.3 Å². The van der Waals surface area contributed by atoms with Crippen LogP contribution >= 0.6 is 15.6 Å². The van der Waals surface area contributed by atoms with Crippen molar-refractivity contribution in [2.45, 2.75) is 426 Å². The summed E-state index contributed by atoms with van der Waals surface area (Å²) in [6.07, 6.45) is 64.8. The van der Waals surface area contributed by atoms with Crippen molar-refractivity contribution in [2.24, 2.45) is 17.8 Å². The average Bonchev–Trinajstić information content (AvgIpc) is 0.951. The second-order valence-corrected chi connectivity index (χ2v) is 33.5. The minimum absolute atomic E-state index is 0.0853. The van der Waals surface area contributed by atoms with E-state index in [1.165, 1.54) is 199 Å². The van der Waals surface area contributed by atoms with E-state index in [0.29, 0.717) is 31.6 Å². The maximum Gasteiger partial charge on any atom is 0.472 e. The maximum atomic E-state index is 13.1. The topological polar surface area (TPSA) is 237 Å². The van der Waals surface area contributed by atoms with Gasteiger partial charge in [-0.2, -0.15) is 0 Å². The Bertz CT molecular complexity index is 2070. The number of carbonyl (C=O) groups is 4. The van der Waals surface area contributed by atoms with Crippen LogP contribution in [0, 0.1) is 17.8 Å². The molecule has 0 aromatic carbocycles. The molecule has 3 N–H and O–H groups in total. The van der Waals surface area contributed by atoms with Gasteiger partial charge in [0.1, 0.15) is 19.3 Å². The Morgan fingerprint density at radius 1 is 0.304 bits per heavy atom. The number of hydrogen-bond acceptors (Lipinski definition) is 15. The molecule has 0 saturated carbocycles. The molecule has 0 saturated heterocycles. The van der Waals surface area contributed by atoms with Gasteiger partial charge in [-0.25, -0.2) is 9.13 Å². The van der Waals surface area contributed by atoms with E-state index in [2.05, 4.69) is 72.8 Å². The first-order chi connectivity index (χ1) is 49.2. The van der Waals surface area contributed by atoms with E-state index in [0.717, 1.165) is 121 Å². The zero-order chi connectivity index (χ0) is 75.1. The molecule has 17 nitrogen and oxygen atoms in total. The number of ether oxygens (including phenoxy) is 4. The van der Waals surface area contributed by atoms with Gasteiger partial charge in [-0.1, -0.05) is 355 Å². The molecule has 0 aliphatic heterocycles. The van der Waals surface area contributed by atoms with Crippen LogP contribution in [0.2, 0.25) is 0 Å². The number of phosphoric ester groups is 2. The molecule has 602 valence electrons. The fourth-order valence-electron chi connectivity index (χ4n) is 12.3. The summed E-state index contributed by atoms with van der Waals surface area (Å²) in [5.74, 6) is 0.169. The van der Waals surface area contributed by atoms with Crippen molar-refractivity contribution >= 4 is 39.5 Å². The monoisotopic (exact) mass is 1490 g/mol. The van der Waals surface area contributed by atoms with Gasteiger partial charge < -0.3 is 33.8 Å². The van der Waals surface area contributed by atoms with Crippen LogP contribution in [0.25, 0.3) is 0 Å². The number of unbranched alkanes of at least 4 members (excludes halogenated alkanes) is 44. The summed E-state index contributed by atoms with van der Waals surface area (Å²) in [7, 11) is -9.94. The van der Waals surface area contributed by atoms with Crippen LogP contribution < -0.4 is 0 Å². The SMILES string of the molecule is CCCCCC/C=C\C=C/CCCCCCCC(=O)O[C@H](COC(=O)CCCCCCCCCCCCCCCCCCCCC(C)C)COP(=O)(O)OCC(O)COP(=O)(O)OC[C@@H](COC(=O)CCCCCCCCCC(C)C)OC(=O)CCCCCCCCCCCCCCCC(C)C. The molecular formula is C83H158O17P2. The highest BCUT2D eigenvalue weighted by Gasteiger charge is 2.30. The van der Waals surface area contributed by atoms with Gasteiger partial charge in [0.05, 0.1) is 26.4 Å². The van der Waals surface area contributed by atoms with E-state index in [-0.39, 0.29) is 25.7 Å². The lowest BCUT2D eigenvalue weighted by molar-refractivity contribution is -0.161. The Kier molecular flexibility index (Phi) is 71.0. The maximum absolute atomic E-state index is 13.1. The third kappa shape index (κ3) is 75.8. The van der Waals surface area contributed by atoms with Crippen molar-refractivity contribution in [3.63, 3.8) is 0 Å². The predicted molar refractivity (Wildman–Crippen MR) is 418 cm³/mol. The molecule has 5 atom stereocenters. The quantitative estimate of drug-likeness (QED) is 0.0169. The standard InChI is InChI=1S/C83H158O17P2/c1-8-9-10-11-12-13-14-15-20-27-32-37-44-52-59-66-82(87)99-78(70-93-80(85)64-57-50-43-36-31-26-22-19-17-16-18-21-24-29-34-40-47-54-61-74(2)3)72-97-101(89,90)95-68-77(84)69-96-102(91,92)98-73-79(71-94-81(86)65-58-51-46-39-42-49-56-63-76(6)7)100-83(88)67-60-53-45-38-33-28-23-25-30-35-41-48-55-62-75(4)5/h13-15,20,74-79,84H,8-12,16-19,21-73H2,1-7H3,(H,89,90)(H,91,92)/b14-13-,20-15-/t77?,78-,79-/m1/s1. The summed E-state index contributed by atoms with van der Waals surface area (Å²) in [4.78, 5) is 73.0. The van der Waals surface area contributed by atoms with E-state index >= 15 is 0 Å². The third-order valence-electron chi connectivity index (χ3n) is 18.8. The van der Waals surface area contributed by atoms with Gasteiger partial charge in [-0.05, 0) is 69.1 Å². The van der Waals surface area contributed by atoms with E-state index in [9.17, 15) is 43.2 Å². The van der Waals surface area contributed by atoms with Crippen LogP contribution in [0.15, 0.2) is 24.3 Å². The molecule has 0 heterocycles. The highest BCUT2D eigenvalue weighted by Crippen LogP contribution is 2.45. The van der Waals surface area contributed by atoms with Crippen molar-refractivity contribution in [2.75, 3.05) is 39.6 Å². The summed E-state index contributed by atoms with van der Waals surface area (Å²) in [5.41, 5.74) is 0. The lowest BCUT2D eigenvalue weighted by Crippen LogP contribution is -2.30. The second kappa shape index (κ2) is 72.7. The van der Waals surface area contributed by atoms with Gasteiger partial charge in [-0.15, -0.1) is 0 Å².